The zero-order chi connectivity index (χ0) is 25.3. The van der Waals surface area contributed by atoms with Crippen molar-refractivity contribution in [3.8, 4) is 5.75 Å². The maximum Gasteiger partial charge on any atom is 0.339 e. The highest BCUT2D eigenvalue weighted by atomic mass is 19.1. The van der Waals surface area contributed by atoms with Crippen molar-refractivity contribution >= 4 is 17.6 Å². The average molecular weight is 494 g/mol. The lowest BCUT2D eigenvalue weighted by atomic mass is 10.1. The van der Waals surface area contributed by atoms with Gasteiger partial charge in [0.1, 0.15) is 18.2 Å². The quantitative estimate of drug-likeness (QED) is 0.434. The van der Waals surface area contributed by atoms with Crippen molar-refractivity contribution in [3.05, 3.63) is 77.9 Å². The van der Waals surface area contributed by atoms with Gasteiger partial charge in [-0.2, -0.15) is 0 Å². The summed E-state index contributed by atoms with van der Waals surface area (Å²) in [5, 5.41) is 9.63. The molecule has 4 rings (SSSR count). The van der Waals surface area contributed by atoms with Crippen LogP contribution in [0.1, 0.15) is 22.5 Å². The molecule has 0 saturated carbocycles. The number of halogens is 1. The highest BCUT2D eigenvalue weighted by Gasteiger charge is 2.21. The molecule has 0 unspecified atom stereocenters. The summed E-state index contributed by atoms with van der Waals surface area (Å²) in [6.45, 7) is 5.24. The molecule has 2 heterocycles. The van der Waals surface area contributed by atoms with Gasteiger partial charge in [-0.1, -0.05) is 18.2 Å². The molecule has 1 aromatic heterocycles. The lowest BCUT2D eigenvalue weighted by molar-refractivity contribution is 0.0694. The monoisotopic (exact) mass is 493 g/mol. The number of carboxylic acids is 1. The predicted molar refractivity (Wildman–Crippen MR) is 138 cm³/mol. The summed E-state index contributed by atoms with van der Waals surface area (Å²) >= 11 is 0. The molecule has 8 nitrogen and oxygen atoms in total. The van der Waals surface area contributed by atoms with Gasteiger partial charge < -0.3 is 19.6 Å². The Morgan fingerprint density at radius 2 is 1.81 bits per heavy atom. The number of aromatic carboxylic acids is 1. The van der Waals surface area contributed by atoms with Gasteiger partial charge in [0.25, 0.3) is 0 Å². The fourth-order valence-electron chi connectivity index (χ4n) is 4.22. The van der Waals surface area contributed by atoms with Crippen LogP contribution in [0.3, 0.4) is 0 Å². The van der Waals surface area contributed by atoms with E-state index in [1.54, 1.807) is 12.1 Å². The summed E-state index contributed by atoms with van der Waals surface area (Å²) in [5.41, 5.74) is 1.86. The van der Waals surface area contributed by atoms with E-state index < -0.39 is 5.97 Å². The summed E-state index contributed by atoms with van der Waals surface area (Å²) in [6.07, 6.45) is 2.78. The standard InChI is InChI=1S/C27H32FN5O3/c1-31(22-6-3-2-4-7-22)13-5-8-25-24(26(34)35)20-29-27(30-25)33-16-14-32(15-17-33)18-19-36-23-11-9-21(28)10-12-23/h2-4,6-7,9-12,20H,5,8,13-19H2,1H3,(H,34,35). The Balaban J connectivity index is 1.28. The molecule has 36 heavy (non-hydrogen) atoms. The maximum atomic E-state index is 13.0. The summed E-state index contributed by atoms with van der Waals surface area (Å²) < 4.78 is 18.7. The van der Waals surface area contributed by atoms with E-state index in [-0.39, 0.29) is 11.4 Å². The molecule has 0 spiro atoms. The fourth-order valence-corrected chi connectivity index (χ4v) is 4.22. The Labute approximate surface area is 211 Å². The first kappa shape index (κ1) is 25.4. The molecular formula is C27H32FN5O3. The van der Waals surface area contributed by atoms with Crippen molar-refractivity contribution in [2.45, 2.75) is 12.8 Å². The molecule has 190 valence electrons. The van der Waals surface area contributed by atoms with E-state index in [2.05, 4.69) is 36.8 Å². The average Bonchev–Trinajstić information content (AvgIpc) is 2.90. The van der Waals surface area contributed by atoms with Crippen LogP contribution in [-0.2, 0) is 6.42 Å². The highest BCUT2D eigenvalue weighted by molar-refractivity contribution is 5.88. The fraction of sp³-hybridized carbons (Fsp3) is 0.370. The molecule has 0 aliphatic carbocycles. The number of carbonyl (C=O) groups is 1. The van der Waals surface area contributed by atoms with Crippen LogP contribution in [0.4, 0.5) is 16.0 Å². The normalized spacial score (nSPS) is 14.0. The first-order chi connectivity index (χ1) is 17.5. The molecule has 3 aromatic rings. The molecule has 1 N–H and O–H groups in total. The van der Waals surface area contributed by atoms with Crippen molar-refractivity contribution < 1.29 is 19.0 Å². The van der Waals surface area contributed by atoms with E-state index >= 15 is 0 Å². The van der Waals surface area contributed by atoms with Gasteiger partial charge in [0.05, 0.1) is 11.3 Å². The van der Waals surface area contributed by atoms with Crippen LogP contribution in [0.2, 0.25) is 0 Å². The molecule has 9 heteroatoms. The van der Waals surface area contributed by atoms with E-state index in [1.165, 1.54) is 18.3 Å². The molecule has 0 bridgehead atoms. The number of para-hydroxylation sites is 1. The first-order valence-corrected chi connectivity index (χ1v) is 12.2. The van der Waals surface area contributed by atoms with Crippen LogP contribution >= 0.6 is 0 Å². The third-order valence-electron chi connectivity index (χ3n) is 6.33. The van der Waals surface area contributed by atoms with Crippen LogP contribution in [0, 0.1) is 5.82 Å². The van der Waals surface area contributed by atoms with Crippen molar-refractivity contribution in [2.24, 2.45) is 0 Å². The molecule has 0 amide bonds. The summed E-state index contributed by atoms with van der Waals surface area (Å²) in [5.74, 6) is -0.0447. The van der Waals surface area contributed by atoms with Gasteiger partial charge in [0.2, 0.25) is 5.95 Å². The van der Waals surface area contributed by atoms with E-state index in [0.29, 0.717) is 30.4 Å². The SMILES string of the molecule is CN(CCCc1nc(N2CCN(CCOc3ccc(F)cc3)CC2)ncc1C(=O)O)c1ccccc1. The molecular weight excluding hydrogens is 461 g/mol. The van der Waals surface area contributed by atoms with Gasteiger partial charge in [0.15, 0.2) is 0 Å². The van der Waals surface area contributed by atoms with E-state index in [0.717, 1.165) is 51.4 Å². The van der Waals surface area contributed by atoms with Crippen molar-refractivity contribution in [2.75, 3.05) is 62.7 Å². The molecule has 2 aromatic carbocycles. The van der Waals surface area contributed by atoms with Crippen LogP contribution < -0.4 is 14.5 Å². The van der Waals surface area contributed by atoms with Gasteiger partial charge in [-0.3, -0.25) is 4.90 Å². The van der Waals surface area contributed by atoms with Gasteiger partial charge in [-0.25, -0.2) is 19.2 Å². The molecule has 1 fully saturated rings. The highest BCUT2D eigenvalue weighted by Crippen LogP contribution is 2.18. The predicted octanol–water partition coefficient (Wildman–Crippen LogP) is 3.58. The number of carboxylic acid groups (broad SMARTS) is 1. The van der Waals surface area contributed by atoms with Crippen molar-refractivity contribution in [1.29, 1.82) is 0 Å². The van der Waals surface area contributed by atoms with Crippen molar-refractivity contribution in [1.82, 2.24) is 14.9 Å². The topological polar surface area (TPSA) is 82.0 Å². The zero-order valence-corrected chi connectivity index (χ0v) is 20.5. The third kappa shape index (κ3) is 6.91. The lowest BCUT2D eigenvalue weighted by Crippen LogP contribution is -2.48. The van der Waals surface area contributed by atoms with Gasteiger partial charge in [-0.15, -0.1) is 0 Å². The molecule has 1 aliphatic heterocycles. The Hall–Kier alpha value is -3.72. The molecule has 0 atom stereocenters. The number of nitrogens with zero attached hydrogens (tertiary/aromatic N) is 5. The third-order valence-corrected chi connectivity index (χ3v) is 6.33. The number of rotatable bonds is 11. The minimum Gasteiger partial charge on any atom is -0.492 e. The maximum absolute atomic E-state index is 13.0. The van der Waals surface area contributed by atoms with Crippen LogP contribution in [0.5, 0.6) is 5.75 Å². The number of benzene rings is 2. The van der Waals surface area contributed by atoms with Gasteiger partial charge in [0, 0.05) is 58.2 Å². The largest absolute Gasteiger partial charge is 0.492 e. The van der Waals surface area contributed by atoms with Crippen LogP contribution in [-0.4, -0.2) is 78.9 Å². The second-order valence-corrected chi connectivity index (χ2v) is 8.83. The second-order valence-electron chi connectivity index (χ2n) is 8.83. The number of ether oxygens (including phenoxy) is 1. The number of aromatic nitrogens is 2. The van der Waals surface area contributed by atoms with Gasteiger partial charge in [-0.05, 0) is 49.2 Å². The number of anilines is 2. The Morgan fingerprint density at radius 1 is 1.08 bits per heavy atom. The Kier molecular flexibility index (Phi) is 8.67. The minimum absolute atomic E-state index is 0.165. The number of piperazine rings is 1. The number of aryl methyl sites for hydroxylation is 1. The second kappa shape index (κ2) is 12.3. The molecule has 0 radical (unpaired) electrons. The van der Waals surface area contributed by atoms with Crippen LogP contribution in [0.25, 0.3) is 0 Å². The smallest absolute Gasteiger partial charge is 0.339 e. The Morgan fingerprint density at radius 3 is 2.50 bits per heavy atom. The number of hydrogen-bond donors (Lipinski definition) is 1. The number of hydrogen-bond acceptors (Lipinski definition) is 7. The summed E-state index contributed by atoms with van der Waals surface area (Å²) in [7, 11) is 2.03. The lowest BCUT2D eigenvalue weighted by Gasteiger charge is -2.34. The molecule has 1 aliphatic rings. The first-order valence-electron chi connectivity index (χ1n) is 12.2. The van der Waals surface area contributed by atoms with E-state index in [9.17, 15) is 14.3 Å². The molecule has 1 saturated heterocycles. The van der Waals surface area contributed by atoms with Crippen LogP contribution in [0.15, 0.2) is 60.8 Å². The summed E-state index contributed by atoms with van der Waals surface area (Å²) in [4.78, 5) is 27.3. The Bertz CT molecular complexity index is 1120. The van der Waals surface area contributed by atoms with Gasteiger partial charge >= 0.3 is 5.97 Å². The summed E-state index contributed by atoms with van der Waals surface area (Å²) in [6, 6.07) is 16.1. The van der Waals surface area contributed by atoms with E-state index in [1.807, 2.05) is 25.2 Å². The minimum atomic E-state index is -1.00. The van der Waals surface area contributed by atoms with E-state index in [4.69, 9.17) is 4.74 Å². The van der Waals surface area contributed by atoms with Crippen molar-refractivity contribution in [3.63, 3.8) is 0 Å². The zero-order valence-electron chi connectivity index (χ0n) is 20.5.